The average molecular weight is 391 g/mol. The molecule has 8 heteroatoms. The molecule has 27 heavy (non-hydrogen) atoms. The third-order valence-corrected chi connectivity index (χ3v) is 4.36. The number of carbonyl (C=O) groups excluding carboxylic acids is 3. The topological polar surface area (TPSA) is 75.7 Å². The number of carbonyl (C=O) groups is 3. The summed E-state index contributed by atoms with van der Waals surface area (Å²) in [6, 6.07) is 8.69. The summed E-state index contributed by atoms with van der Waals surface area (Å²) in [7, 11) is 0. The van der Waals surface area contributed by atoms with Gasteiger partial charge >= 0.3 is 0 Å². The molecule has 0 spiro atoms. The molecular formula is C19H16ClFN2O4. The second-order valence-corrected chi connectivity index (χ2v) is 6.41. The van der Waals surface area contributed by atoms with Crippen molar-refractivity contribution in [1.29, 1.82) is 0 Å². The van der Waals surface area contributed by atoms with Gasteiger partial charge in [0.2, 0.25) is 5.91 Å². The predicted octanol–water partition coefficient (Wildman–Crippen LogP) is 3.44. The lowest BCUT2D eigenvalue weighted by atomic mass is 10.1. The van der Waals surface area contributed by atoms with E-state index in [1.54, 1.807) is 18.2 Å². The number of rotatable bonds is 5. The van der Waals surface area contributed by atoms with E-state index < -0.39 is 5.82 Å². The summed E-state index contributed by atoms with van der Waals surface area (Å²) >= 11 is 5.69. The molecule has 6 nitrogen and oxygen atoms in total. The molecule has 140 valence electrons. The molecular weight excluding hydrogens is 375 g/mol. The summed E-state index contributed by atoms with van der Waals surface area (Å²) in [6.45, 7) is 1.40. The number of hydrogen-bond acceptors (Lipinski definition) is 4. The van der Waals surface area contributed by atoms with Crippen molar-refractivity contribution < 1.29 is 23.5 Å². The molecule has 0 aromatic heterocycles. The van der Waals surface area contributed by atoms with Gasteiger partial charge in [-0.2, -0.15) is 0 Å². The highest BCUT2D eigenvalue weighted by molar-refractivity contribution is 6.31. The molecule has 0 radical (unpaired) electrons. The first-order valence-corrected chi connectivity index (χ1v) is 8.56. The summed E-state index contributed by atoms with van der Waals surface area (Å²) in [5, 5.41) is 2.51. The molecule has 2 aromatic rings. The van der Waals surface area contributed by atoms with Gasteiger partial charge in [-0.1, -0.05) is 11.6 Å². The van der Waals surface area contributed by atoms with Gasteiger partial charge in [-0.25, -0.2) is 4.39 Å². The number of Topliss-reactive ketones (excluding diaryl/α,β-unsaturated/α-hetero) is 1. The first-order valence-electron chi connectivity index (χ1n) is 8.18. The van der Waals surface area contributed by atoms with Gasteiger partial charge in [0.25, 0.3) is 5.91 Å². The van der Waals surface area contributed by atoms with Crippen LogP contribution in [0.3, 0.4) is 0 Å². The SMILES string of the molecule is CC(=O)c1ccc2c(c1)N(CCC(=O)Nc1ccc(F)c(Cl)c1)C(=O)CO2. The molecule has 1 heterocycles. The number of halogens is 2. The minimum atomic E-state index is -0.577. The maximum absolute atomic E-state index is 13.2. The van der Waals surface area contributed by atoms with E-state index >= 15 is 0 Å². The van der Waals surface area contributed by atoms with Crippen molar-refractivity contribution in [3.05, 3.63) is 52.8 Å². The molecule has 0 fully saturated rings. The van der Waals surface area contributed by atoms with Crippen molar-refractivity contribution in [2.45, 2.75) is 13.3 Å². The lowest BCUT2D eigenvalue weighted by Crippen LogP contribution is -2.40. The summed E-state index contributed by atoms with van der Waals surface area (Å²) in [4.78, 5) is 37.4. The van der Waals surface area contributed by atoms with Crippen molar-refractivity contribution in [2.75, 3.05) is 23.4 Å². The number of ketones is 1. The summed E-state index contributed by atoms with van der Waals surface area (Å²) in [5.74, 6) is -0.902. The molecule has 0 unspecified atom stereocenters. The predicted molar refractivity (Wildman–Crippen MR) is 99.0 cm³/mol. The van der Waals surface area contributed by atoms with Crippen LogP contribution in [0.25, 0.3) is 0 Å². The minimum absolute atomic E-state index is 0.00444. The largest absolute Gasteiger partial charge is 0.482 e. The minimum Gasteiger partial charge on any atom is -0.482 e. The van der Waals surface area contributed by atoms with Crippen LogP contribution >= 0.6 is 11.6 Å². The molecule has 0 bridgehead atoms. The standard InChI is InChI=1S/C19H16ClFN2O4/c1-11(24)12-2-5-17-16(8-12)23(19(26)10-27-17)7-6-18(25)22-13-3-4-15(21)14(20)9-13/h2-5,8-9H,6-7,10H2,1H3,(H,22,25). The van der Waals surface area contributed by atoms with Crippen LogP contribution in [-0.2, 0) is 9.59 Å². The van der Waals surface area contributed by atoms with E-state index in [0.29, 0.717) is 22.7 Å². The van der Waals surface area contributed by atoms with Gasteiger partial charge in [0.15, 0.2) is 12.4 Å². The van der Waals surface area contributed by atoms with Crippen molar-refractivity contribution in [3.8, 4) is 5.75 Å². The smallest absolute Gasteiger partial charge is 0.265 e. The summed E-state index contributed by atoms with van der Waals surface area (Å²) in [6.07, 6.45) is 0.00444. The van der Waals surface area contributed by atoms with Crippen LogP contribution in [0.15, 0.2) is 36.4 Å². The Balaban J connectivity index is 1.71. The zero-order valence-electron chi connectivity index (χ0n) is 14.4. The molecule has 0 saturated carbocycles. The third kappa shape index (κ3) is 4.25. The van der Waals surface area contributed by atoms with Crippen LogP contribution in [0.1, 0.15) is 23.7 Å². The molecule has 2 aromatic carbocycles. The summed E-state index contributed by atoms with van der Waals surface area (Å²) < 4.78 is 18.5. The van der Waals surface area contributed by atoms with Crippen molar-refractivity contribution >= 4 is 40.6 Å². The number of amides is 2. The number of nitrogens with zero attached hydrogens (tertiary/aromatic N) is 1. The van der Waals surface area contributed by atoms with E-state index in [2.05, 4.69) is 5.32 Å². The van der Waals surface area contributed by atoms with Gasteiger partial charge in [-0.15, -0.1) is 0 Å². The second-order valence-electron chi connectivity index (χ2n) is 6.00. The van der Waals surface area contributed by atoms with Crippen molar-refractivity contribution in [3.63, 3.8) is 0 Å². The second kappa shape index (κ2) is 7.75. The fourth-order valence-corrected chi connectivity index (χ4v) is 2.86. The van der Waals surface area contributed by atoms with Crippen molar-refractivity contribution in [2.24, 2.45) is 0 Å². The van der Waals surface area contributed by atoms with Crippen LogP contribution < -0.4 is 15.0 Å². The molecule has 1 aliphatic heterocycles. The number of benzene rings is 2. The van der Waals surface area contributed by atoms with E-state index in [-0.39, 0.29) is 42.2 Å². The van der Waals surface area contributed by atoms with E-state index in [1.807, 2.05) is 0 Å². The van der Waals surface area contributed by atoms with Gasteiger partial charge in [0, 0.05) is 24.2 Å². The zero-order valence-corrected chi connectivity index (χ0v) is 15.2. The van der Waals surface area contributed by atoms with E-state index in [9.17, 15) is 18.8 Å². The number of nitrogens with one attached hydrogen (secondary N) is 1. The Morgan fingerprint density at radius 3 is 2.74 bits per heavy atom. The highest BCUT2D eigenvalue weighted by Crippen LogP contribution is 2.33. The van der Waals surface area contributed by atoms with Gasteiger partial charge in [0.05, 0.1) is 10.7 Å². The van der Waals surface area contributed by atoms with Crippen LogP contribution in [0, 0.1) is 5.82 Å². The number of ether oxygens (including phenoxy) is 1. The quantitative estimate of drug-likeness (QED) is 0.793. The Bertz CT molecular complexity index is 932. The first kappa shape index (κ1) is 18.8. The number of fused-ring (bicyclic) bond motifs is 1. The monoisotopic (exact) mass is 390 g/mol. The van der Waals surface area contributed by atoms with Crippen molar-refractivity contribution in [1.82, 2.24) is 0 Å². The molecule has 2 amide bonds. The van der Waals surface area contributed by atoms with E-state index in [4.69, 9.17) is 16.3 Å². The van der Waals surface area contributed by atoms with Gasteiger partial charge in [-0.05, 0) is 43.3 Å². The van der Waals surface area contributed by atoms with E-state index in [0.717, 1.165) is 6.07 Å². The van der Waals surface area contributed by atoms with Gasteiger partial charge < -0.3 is 15.0 Å². The Hall–Kier alpha value is -2.93. The maximum atomic E-state index is 13.2. The highest BCUT2D eigenvalue weighted by Gasteiger charge is 2.26. The maximum Gasteiger partial charge on any atom is 0.265 e. The normalized spacial score (nSPS) is 13.0. The molecule has 1 N–H and O–H groups in total. The van der Waals surface area contributed by atoms with Gasteiger partial charge in [-0.3, -0.25) is 14.4 Å². The molecule has 3 rings (SSSR count). The third-order valence-electron chi connectivity index (χ3n) is 4.07. The number of hydrogen-bond donors (Lipinski definition) is 1. The fraction of sp³-hybridized carbons (Fsp3) is 0.211. The van der Waals surface area contributed by atoms with Gasteiger partial charge in [0.1, 0.15) is 11.6 Å². The first-order chi connectivity index (χ1) is 12.8. The molecule has 1 aliphatic rings. The lowest BCUT2D eigenvalue weighted by molar-refractivity contribution is -0.121. The number of anilines is 2. The summed E-state index contributed by atoms with van der Waals surface area (Å²) in [5.41, 5.74) is 1.26. The van der Waals surface area contributed by atoms with E-state index in [1.165, 1.54) is 24.0 Å². The Morgan fingerprint density at radius 2 is 2.04 bits per heavy atom. The Kier molecular flexibility index (Phi) is 5.41. The zero-order chi connectivity index (χ0) is 19.6. The van der Waals surface area contributed by atoms with Crippen LogP contribution in [0.2, 0.25) is 5.02 Å². The Labute approximate surface area is 159 Å². The Morgan fingerprint density at radius 1 is 1.26 bits per heavy atom. The lowest BCUT2D eigenvalue weighted by Gasteiger charge is -2.29. The molecule has 0 saturated heterocycles. The average Bonchev–Trinajstić information content (AvgIpc) is 2.63. The molecule has 0 aliphatic carbocycles. The van der Waals surface area contributed by atoms with Crippen LogP contribution in [0.5, 0.6) is 5.75 Å². The van der Waals surface area contributed by atoms with Crippen LogP contribution in [0.4, 0.5) is 15.8 Å². The molecule has 0 atom stereocenters. The van der Waals surface area contributed by atoms with Crippen LogP contribution in [-0.4, -0.2) is 30.7 Å². The fourth-order valence-electron chi connectivity index (χ4n) is 2.68. The highest BCUT2D eigenvalue weighted by atomic mass is 35.5.